The van der Waals surface area contributed by atoms with E-state index in [1.54, 1.807) is 65.1 Å². The highest BCUT2D eigenvalue weighted by molar-refractivity contribution is 6.06. The maximum Gasteiger partial charge on any atom is 0.410 e. The maximum absolute atomic E-state index is 14.3. The molecule has 3 aromatic carbocycles. The number of carbonyl (C=O) groups excluding carboxylic acids is 3. The van der Waals surface area contributed by atoms with Crippen LogP contribution in [0, 0.1) is 11.6 Å². The highest BCUT2D eigenvalue weighted by atomic mass is 19.1. The Morgan fingerprint density at radius 1 is 1.00 bits per heavy atom. The maximum atomic E-state index is 14.3. The topological polar surface area (TPSA) is 130 Å². The predicted octanol–water partition coefficient (Wildman–Crippen LogP) is 6.52. The normalized spacial score (nSPS) is 12.7. The van der Waals surface area contributed by atoms with E-state index in [1.807, 2.05) is 6.92 Å². The van der Waals surface area contributed by atoms with Crippen molar-refractivity contribution in [3.05, 3.63) is 113 Å². The molecule has 3 aromatic rings. The number of aliphatic hydroxyl groups is 1. The summed E-state index contributed by atoms with van der Waals surface area (Å²) in [5.74, 6) is -2.16. The summed E-state index contributed by atoms with van der Waals surface area (Å²) in [5.41, 5.74) is 1.02. The van der Waals surface area contributed by atoms with E-state index in [2.05, 4.69) is 17.1 Å². The van der Waals surface area contributed by atoms with Crippen molar-refractivity contribution in [3.63, 3.8) is 0 Å². The van der Waals surface area contributed by atoms with Gasteiger partial charge in [-0.25, -0.2) is 13.6 Å². The summed E-state index contributed by atoms with van der Waals surface area (Å²) in [6.07, 6.45) is -0.195. The minimum Gasteiger partial charge on any atom is -0.497 e. The fourth-order valence-corrected chi connectivity index (χ4v) is 5.38. The number of carbonyl (C=O) groups is 3. The van der Waals surface area contributed by atoms with Crippen molar-refractivity contribution in [2.45, 2.75) is 71.8 Å². The molecular weight excluding hydrogens is 686 g/mol. The van der Waals surface area contributed by atoms with Crippen LogP contribution in [0.2, 0.25) is 0 Å². The Morgan fingerprint density at radius 2 is 1.66 bits per heavy atom. The second kappa shape index (κ2) is 19.5. The molecule has 286 valence electrons. The summed E-state index contributed by atoms with van der Waals surface area (Å²) in [7, 11) is 3.17. The van der Waals surface area contributed by atoms with E-state index < -0.39 is 41.4 Å². The van der Waals surface area contributed by atoms with Crippen LogP contribution < -0.4 is 10.1 Å². The predicted molar refractivity (Wildman–Crippen MR) is 199 cm³/mol. The van der Waals surface area contributed by atoms with Gasteiger partial charge in [0.1, 0.15) is 29.6 Å². The van der Waals surface area contributed by atoms with Crippen molar-refractivity contribution in [1.82, 2.24) is 15.1 Å². The Balaban J connectivity index is 2.06. The molecule has 2 atom stereocenters. The number of methoxy groups -OCH3 is 1. The lowest BCUT2D eigenvalue weighted by atomic mass is 9.98. The van der Waals surface area contributed by atoms with Crippen LogP contribution in [0.25, 0.3) is 0 Å². The number of rotatable bonds is 17. The molecule has 11 nitrogen and oxygen atoms in total. The van der Waals surface area contributed by atoms with Gasteiger partial charge in [0.25, 0.3) is 11.8 Å². The summed E-state index contributed by atoms with van der Waals surface area (Å²) in [4.78, 5) is 49.0. The van der Waals surface area contributed by atoms with Gasteiger partial charge in [-0.1, -0.05) is 36.9 Å². The summed E-state index contributed by atoms with van der Waals surface area (Å²) < 4.78 is 39.6. The molecule has 0 heterocycles. The standard InChI is InChI=1S/C40H50F2N4O7/c1-9-14-45(7)38(49)31-21-29(26(3)44-52-15-10-2)20-30(22-31)37(48)43-35(19-28-16-32(41)23-33(42)17-28)36(47)25-46(39(50)53-40(4,5)6)24-27-12-11-13-34(18-27)51-8/h10-13,16-18,20-23,35-36,47H,2,9,14-15,19,24-25H2,1,3-8H3,(H,43,48)/b44-26+/t35-,36+/m0/s1. The van der Waals surface area contributed by atoms with Gasteiger partial charge in [0.2, 0.25) is 0 Å². The molecule has 0 aromatic heterocycles. The van der Waals surface area contributed by atoms with Crippen LogP contribution in [-0.4, -0.2) is 90.1 Å². The zero-order valence-electron chi connectivity index (χ0n) is 31.4. The first-order chi connectivity index (χ1) is 25.0. The number of halogens is 2. The van der Waals surface area contributed by atoms with Gasteiger partial charge < -0.3 is 34.5 Å². The van der Waals surface area contributed by atoms with Crippen LogP contribution in [0.3, 0.4) is 0 Å². The minimum atomic E-state index is -1.47. The van der Waals surface area contributed by atoms with Gasteiger partial charge in [-0.15, -0.1) is 0 Å². The molecule has 0 aliphatic carbocycles. The first-order valence-corrected chi connectivity index (χ1v) is 17.3. The molecule has 0 fully saturated rings. The highest BCUT2D eigenvalue weighted by Gasteiger charge is 2.30. The molecule has 53 heavy (non-hydrogen) atoms. The molecule has 3 rings (SSSR count). The van der Waals surface area contributed by atoms with Gasteiger partial charge in [-0.05, 0) is 94.1 Å². The lowest BCUT2D eigenvalue weighted by molar-refractivity contribution is 0.00836. The third-order valence-corrected chi connectivity index (χ3v) is 7.89. The van der Waals surface area contributed by atoms with Crippen molar-refractivity contribution in [2.24, 2.45) is 5.16 Å². The molecule has 0 unspecified atom stereocenters. The Bertz CT molecular complexity index is 1760. The molecule has 0 saturated heterocycles. The van der Waals surface area contributed by atoms with Gasteiger partial charge in [-0.2, -0.15) is 0 Å². The van der Waals surface area contributed by atoms with Gasteiger partial charge in [0, 0.05) is 42.9 Å². The van der Waals surface area contributed by atoms with Crippen molar-refractivity contribution < 1.29 is 42.6 Å². The zero-order chi connectivity index (χ0) is 39.3. The number of benzene rings is 3. The summed E-state index contributed by atoms with van der Waals surface area (Å²) in [6, 6.07) is 13.3. The monoisotopic (exact) mass is 736 g/mol. The van der Waals surface area contributed by atoms with E-state index in [4.69, 9.17) is 14.3 Å². The van der Waals surface area contributed by atoms with E-state index in [9.17, 15) is 28.3 Å². The van der Waals surface area contributed by atoms with Crippen LogP contribution in [0.5, 0.6) is 5.75 Å². The van der Waals surface area contributed by atoms with Crippen LogP contribution in [0.1, 0.15) is 78.4 Å². The van der Waals surface area contributed by atoms with Crippen molar-refractivity contribution >= 4 is 23.6 Å². The molecule has 2 N–H and O–H groups in total. The average molecular weight is 737 g/mol. The van der Waals surface area contributed by atoms with E-state index in [0.717, 1.165) is 12.1 Å². The second-order valence-corrected chi connectivity index (χ2v) is 13.6. The first-order valence-electron chi connectivity index (χ1n) is 17.3. The first kappa shape index (κ1) is 42.1. The molecule has 0 radical (unpaired) electrons. The average Bonchev–Trinajstić information content (AvgIpc) is 3.09. The van der Waals surface area contributed by atoms with E-state index >= 15 is 0 Å². The zero-order valence-corrected chi connectivity index (χ0v) is 31.4. The molecule has 3 amide bonds. The van der Waals surface area contributed by atoms with Crippen LogP contribution in [0.15, 0.2) is 78.5 Å². The van der Waals surface area contributed by atoms with Crippen LogP contribution in [0.4, 0.5) is 13.6 Å². The number of oxime groups is 1. The van der Waals surface area contributed by atoms with Gasteiger partial charge >= 0.3 is 6.09 Å². The Morgan fingerprint density at radius 3 is 2.28 bits per heavy atom. The van der Waals surface area contributed by atoms with E-state index in [-0.39, 0.29) is 48.7 Å². The number of nitrogens with zero attached hydrogens (tertiary/aromatic N) is 3. The Labute approximate surface area is 310 Å². The fourth-order valence-electron chi connectivity index (χ4n) is 5.38. The van der Waals surface area contributed by atoms with Crippen LogP contribution in [-0.2, 0) is 22.5 Å². The molecule has 0 aliphatic heterocycles. The van der Waals surface area contributed by atoms with Crippen LogP contribution >= 0.6 is 0 Å². The summed E-state index contributed by atoms with van der Waals surface area (Å²) in [5, 5.41) is 18.6. The van der Waals surface area contributed by atoms with Crippen molar-refractivity contribution in [3.8, 4) is 5.75 Å². The summed E-state index contributed by atoms with van der Waals surface area (Å²) in [6.45, 7) is 12.6. The molecular formula is C40H50F2N4O7. The Hall–Kier alpha value is -5.30. The number of hydrogen-bond acceptors (Lipinski definition) is 8. The third-order valence-electron chi connectivity index (χ3n) is 7.89. The number of nitrogens with one attached hydrogen (secondary N) is 1. The van der Waals surface area contributed by atoms with Crippen molar-refractivity contribution in [1.29, 1.82) is 0 Å². The van der Waals surface area contributed by atoms with Gasteiger partial charge in [0.05, 0.1) is 31.5 Å². The minimum absolute atomic E-state index is 0.00373. The highest BCUT2D eigenvalue weighted by Crippen LogP contribution is 2.20. The number of ether oxygens (including phenoxy) is 2. The van der Waals surface area contributed by atoms with E-state index in [0.29, 0.717) is 41.6 Å². The fraction of sp³-hybridized carbons (Fsp3) is 0.400. The lowest BCUT2D eigenvalue weighted by Crippen LogP contribution is -2.51. The van der Waals surface area contributed by atoms with Crippen molar-refractivity contribution in [2.75, 3.05) is 33.9 Å². The van der Waals surface area contributed by atoms with Gasteiger partial charge in [-0.3, -0.25) is 9.59 Å². The SMILES string of the molecule is C=CCO/N=C(\C)c1cc(C(=O)N[C@@H](Cc2cc(F)cc(F)c2)[C@H](O)CN(Cc2cccc(OC)c2)C(=O)OC(C)(C)C)cc(C(=O)N(C)CCC)c1. The molecule has 0 aliphatic rings. The smallest absolute Gasteiger partial charge is 0.410 e. The Kier molecular flexibility index (Phi) is 15.5. The van der Waals surface area contributed by atoms with Gasteiger partial charge in [0.15, 0.2) is 0 Å². The molecule has 0 saturated carbocycles. The lowest BCUT2D eigenvalue weighted by Gasteiger charge is -2.32. The quantitative estimate of drug-likeness (QED) is 0.0699. The second-order valence-electron chi connectivity index (χ2n) is 13.6. The number of aliphatic hydroxyl groups excluding tert-OH is 1. The largest absolute Gasteiger partial charge is 0.497 e. The molecule has 13 heteroatoms. The number of hydrogen-bond donors (Lipinski definition) is 2. The van der Waals surface area contributed by atoms with E-state index in [1.165, 1.54) is 35.1 Å². The number of amides is 3. The third kappa shape index (κ3) is 13.3. The molecule has 0 spiro atoms. The summed E-state index contributed by atoms with van der Waals surface area (Å²) >= 11 is 0. The molecule has 0 bridgehead atoms.